The first kappa shape index (κ1) is 11.6. The van der Waals surface area contributed by atoms with Crippen LogP contribution in [0.15, 0.2) is 22.8 Å². The van der Waals surface area contributed by atoms with Crippen LogP contribution < -0.4 is 0 Å². The Labute approximate surface area is 89.1 Å². The summed E-state index contributed by atoms with van der Waals surface area (Å²) in [6.07, 6.45) is 4.87. The average molecular weight is 192 g/mol. The predicted molar refractivity (Wildman–Crippen MR) is 64.3 cm³/mol. The zero-order chi connectivity index (χ0) is 10.9. The van der Waals surface area contributed by atoms with Crippen molar-refractivity contribution in [2.24, 2.45) is 11.3 Å². The molecule has 0 spiro atoms. The molecule has 0 N–H and O–H groups in total. The molecule has 0 atom stereocenters. The molecule has 0 saturated carbocycles. The van der Waals surface area contributed by atoms with E-state index in [0.29, 0.717) is 5.41 Å². The van der Waals surface area contributed by atoms with Crippen molar-refractivity contribution in [2.45, 2.75) is 54.4 Å². The van der Waals surface area contributed by atoms with Crippen LogP contribution >= 0.6 is 0 Å². The molecule has 0 amide bonds. The second kappa shape index (κ2) is 3.92. The summed E-state index contributed by atoms with van der Waals surface area (Å²) in [5.41, 5.74) is 5.03. The third kappa shape index (κ3) is 2.29. The summed E-state index contributed by atoms with van der Waals surface area (Å²) >= 11 is 0. The maximum atomic E-state index is 2.42. The van der Waals surface area contributed by atoms with E-state index in [0.717, 1.165) is 5.92 Å². The van der Waals surface area contributed by atoms with Crippen molar-refractivity contribution in [3.8, 4) is 0 Å². The first-order chi connectivity index (χ1) is 6.34. The van der Waals surface area contributed by atoms with E-state index in [1.165, 1.54) is 18.4 Å². The molecule has 0 radical (unpaired) electrons. The fraction of sp³-hybridized carbons (Fsp3) is 0.714. The molecule has 1 aliphatic carbocycles. The maximum absolute atomic E-state index is 2.42. The molecule has 1 aliphatic rings. The third-order valence-electron chi connectivity index (χ3n) is 3.30. The van der Waals surface area contributed by atoms with Gasteiger partial charge in [0.15, 0.2) is 0 Å². The fourth-order valence-electron chi connectivity index (χ4n) is 2.71. The van der Waals surface area contributed by atoms with Crippen molar-refractivity contribution >= 4 is 0 Å². The Morgan fingerprint density at radius 2 is 1.86 bits per heavy atom. The quantitative estimate of drug-likeness (QED) is 0.606. The lowest BCUT2D eigenvalue weighted by Crippen LogP contribution is -2.17. The van der Waals surface area contributed by atoms with Crippen LogP contribution in [0.5, 0.6) is 0 Å². The second-order valence-electron chi connectivity index (χ2n) is 5.71. The molecule has 0 nitrogen and oxygen atoms in total. The van der Waals surface area contributed by atoms with Crippen LogP contribution in [-0.2, 0) is 0 Å². The highest BCUT2D eigenvalue weighted by Gasteiger charge is 2.27. The molecule has 0 aromatic carbocycles. The largest absolute Gasteiger partial charge is 0.0764 e. The van der Waals surface area contributed by atoms with E-state index >= 15 is 0 Å². The Hall–Kier alpha value is -0.520. The van der Waals surface area contributed by atoms with Gasteiger partial charge in [0.25, 0.3) is 0 Å². The molecule has 80 valence electrons. The zero-order valence-corrected chi connectivity index (χ0v) is 10.6. The van der Waals surface area contributed by atoms with Crippen LogP contribution in [0, 0.1) is 11.3 Å². The van der Waals surface area contributed by atoms with E-state index in [1.54, 1.807) is 11.1 Å². The lowest BCUT2D eigenvalue weighted by molar-refractivity contribution is 0.349. The van der Waals surface area contributed by atoms with Crippen LogP contribution in [0.25, 0.3) is 0 Å². The average Bonchev–Trinajstić information content (AvgIpc) is 2.30. The Bertz CT molecular complexity index is 274. The van der Waals surface area contributed by atoms with Crippen LogP contribution in [-0.4, -0.2) is 0 Å². The monoisotopic (exact) mass is 192 g/mol. The topological polar surface area (TPSA) is 0 Å². The van der Waals surface area contributed by atoms with Crippen molar-refractivity contribution in [1.82, 2.24) is 0 Å². The van der Waals surface area contributed by atoms with Gasteiger partial charge in [0.1, 0.15) is 0 Å². The van der Waals surface area contributed by atoms with Gasteiger partial charge >= 0.3 is 0 Å². The van der Waals surface area contributed by atoms with Crippen molar-refractivity contribution in [3.05, 3.63) is 22.8 Å². The van der Waals surface area contributed by atoms with Crippen molar-refractivity contribution in [2.75, 3.05) is 0 Å². The van der Waals surface area contributed by atoms with Gasteiger partial charge in [0, 0.05) is 0 Å². The summed E-state index contributed by atoms with van der Waals surface area (Å²) in [6, 6.07) is 0. The van der Waals surface area contributed by atoms with Gasteiger partial charge < -0.3 is 0 Å². The number of hydrogen-bond acceptors (Lipinski definition) is 0. The van der Waals surface area contributed by atoms with Gasteiger partial charge in [-0.3, -0.25) is 0 Å². The molecule has 14 heavy (non-hydrogen) atoms. The lowest BCUT2D eigenvalue weighted by atomic mass is 9.75. The minimum absolute atomic E-state index is 0.357. The standard InChI is InChI=1S/C14H24/c1-10(2)9-14(5,6)13-8-7-11(3)12(13)4/h8,10H,7,9H2,1-6H3. The van der Waals surface area contributed by atoms with Gasteiger partial charge in [-0.15, -0.1) is 0 Å². The first-order valence-corrected chi connectivity index (χ1v) is 5.72. The highest BCUT2D eigenvalue weighted by molar-refractivity contribution is 5.43. The Morgan fingerprint density at radius 3 is 2.21 bits per heavy atom. The highest BCUT2D eigenvalue weighted by Crippen LogP contribution is 2.42. The fourth-order valence-corrected chi connectivity index (χ4v) is 2.71. The smallest absolute Gasteiger partial charge is 0.0102 e. The van der Waals surface area contributed by atoms with E-state index < -0.39 is 0 Å². The SMILES string of the molecule is CC1=C(C)C(C(C)(C)CC(C)C)=CC1. The van der Waals surface area contributed by atoms with E-state index in [-0.39, 0.29) is 0 Å². The van der Waals surface area contributed by atoms with E-state index in [2.05, 4.69) is 47.6 Å². The van der Waals surface area contributed by atoms with Gasteiger partial charge in [-0.1, -0.05) is 39.3 Å². The molecule has 0 bridgehead atoms. The van der Waals surface area contributed by atoms with Gasteiger partial charge in [0.2, 0.25) is 0 Å². The van der Waals surface area contributed by atoms with Crippen LogP contribution in [0.1, 0.15) is 54.4 Å². The molecule has 0 heteroatoms. The summed E-state index contributed by atoms with van der Waals surface area (Å²) in [7, 11) is 0. The summed E-state index contributed by atoms with van der Waals surface area (Å²) < 4.78 is 0. The Kier molecular flexibility index (Phi) is 3.24. The Balaban J connectivity index is 2.84. The molecule has 0 fully saturated rings. The van der Waals surface area contributed by atoms with E-state index in [4.69, 9.17) is 0 Å². The zero-order valence-electron chi connectivity index (χ0n) is 10.6. The number of allylic oxidation sites excluding steroid dienone is 4. The Morgan fingerprint density at radius 1 is 1.29 bits per heavy atom. The third-order valence-corrected chi connectivity index (χ3v) is 3.30. The lowest BCUT2D eigenvalue weighted by Gasteiger charge is -2.29. The predicted octanol–water partition coefficient (Wildman–Crippen LogP) is 4.73. The summed E-state index contributed by atoms with van der Waals surface area (Å²) in [4.78, 5) is 0. The molecule has 0 heterocycles. The van der Waals surface area contributed by atoms with E-state index in [9.17, 15) is 0 Å². The molecule has 0 unspecified atom stereocenters. The first-order valence-electron chi connectivity index (χ1n) is 5.72. The highest BCUT2D eigenvalue weighted by atomic mass is 14.3. The van der Waals surface area contributed by atoms with Gasteiger partial charge in [-0.2, -0.15) is 0 Å². The summed E-state index contributed by atoms with van der Waals surface area (Å²) in [6.45, 7) is 13.9. The molecule has 0 aromatic heterocycles. The second-order valence-corrected chi connectivity index (χ2v) is 5.71. The molecule has 1 rings (SSSR count). The van der Waals surface area contributed by atoms with Gasteiger partial charge in [-0.25, -0.2) is 0 Å². The molecular formula is C14H24. The molecule has 0 aromatic rings. The maximum Gasteiger partial charge on any atom is -0.0102 e. The van der Waals surface area contributed by atoms with Crippen molar-refractivity contribution in [1.29, 1.82) is 0 Å². The van der Waals surface area contributed by atoms with Crippen molar-refractivity contribution < 1.29 is 0 Å². The van der Waals surface area contributed by atoms with Gasteiger partial charge in [-0.05, 0) is 49.2 Å². The molecular weight excluding hydrogens is 168 g/mol. The van der Waals surface area contributed by atoms with E-state index in [1.807, 2.05) is 0 Å². The van der Waals surface area contributed by atoms with Crippen LogP contribution in [0.2, 0.25) is 0 Å². The van der Waals surface area contributed by atoms with Gasteiger partial charge in [0.05, 0.1) is 0 Å². The summed E-state index contributed by atoms with van der Waals surface area (Å²) in [5, 5.41) is 0. The molecule has 0 saturated heterocycles. The number of rotatable bonds is 3. The normalized spacial score (nSPS) is 18.1. The van der Waals surface area contributed by atoms with Crippen molar-refractivity contribution in [3.63, 3.8) is 0 Å². The number of hydrogen-bond donors (Lipinski definition) is 0. The van der Waals surface area contributed by atoms with Crippen LogP contribution in [0.4, 0.5) is 0 Å². The van der Waals surface area contributed by atoms with Crippen LogP contribution in [0.3, 0.4) is 0 Å². The minimum atomic E-state index is 0.357. The molecule has 0 aliphatic heterocycles. The minimum Gasteiger partial charge on any atom is -0.0764 e. The summed E-state index contributed by atoms with van der Waals surface area (Å²) in [5.74, 6) is 0.777.